The van der Waals surface area contributed by atoms with Crippen molar-refractivity contribution in [2.75, 3.05) is 30.1 Å². The molecular weight excluding hydrogens is 378 g/mol. The Labute approximate surface area is 159 Å². The van der Waals surface area contributed by atoms with Crippen molar-refractivity contribution in [1.82, 2.24) is 9.97 Å². The van der Waals surface area contributed by atoms with E-state index in [1.807, 2.05) is 4.90 Å². The van der Waals surface area contributed by atoms with Gasteiger partial charge in [0.2, 0.25) is 5.28 Å². The molecule has 2 aliphatic rings. The number of hydrogen-bond donors (Lipinski definition) is 0. The Hall–Kier alpha value is -2.32. The first-order valence-electron chi connectivity index (χ1n) is 8.52. The summed E-state index contributed by atoms with van der Waals surface area (Å²) < 4.78 is 32.9. The van der Waals surface area contributed by atoms with Gasteiger partial charge in [0, 0.05) is 44.7 Å². The Bertz CT molecular complexity index is 905. The Morgan fingerprint density at radius 1 is 1.30 bits per heavy atom. The van der Waals surface area contributed by atoms with Crippen LogP contribution in [0.3, 0.4) is 0 Å². The molecule has 1 amide bonds. The number of nitrogens with zero attached hydrogens (tertiary/aromatic N) is 4. The molecule has 0 aliphatic carbocycles. The number of benzene rings is 1. The number of hydrogen-bond acceptors (Lipinski definition) is 5. The Morgan fingerprint density at radius 3 is 2.74 bits per heavy atom. The number of halogens is 3. The summed E-state index contributed by atoms with van der Waals surface area (Å²) in [6.07, 6.45) is 2.41. The highest BCUT2D eigenvalue weighted by molar-refractivity contribution is 6.28. The van der Waals surface area contributed by atoms with Crippen molar-refractivity contribution in [3.63, 3.8) is 0 Å². The maximum atomic E-state index is 14.2. The second-order valence-electron chi connectivity index (χ2n) is 6.68. The molecule has 1 spiro atoms. The number of carbonyl (C=O) groups is 1. The second kappa shape index (κ2) is 6.69. The SMILES string of the molecule is CN1c2nc(Cl)ncc2N(Cc2ccc(F)cc2F)C(=O)C12CCOCC2. The van der Waals surface area contributed by atoms with Gasteiger partial charge in [0.25, 0.3) is 5.91 Å². The minimum absolute atomic E-state index is 0.0562. The topological polar surface area (TPSA) is 58.6 Å². The van der Waals surface area contributed by atoms with Gasteiger partial charge in [0.1, 0.15) is 22.9 Å². The van der Waals surface area contributed by atoms with Crippen molar-refractivity contribution >= 4 is 29.0 Å². The summed E-state index contributed by atoms with van der Waals surface area (Å²) in [6.45, 7) is 0.811. The number of aromatic nitrogens is 2. The van der Waals surface area contributed by atoms with E-state index in [0.29, 0.717) is 37.6 Å². The van der Waals surface area contributed by atoms with E-state index in [2.05, 4.69) is 9.97 Å². The van der Waals surface area contributed by atoms with Gasteiger partial charge in [0.15, 0.2) is 5.82 Å². The van der Waals surface area contributed by atoms with E-state index < -0.39 is 17.2 Å². The molecule has 1 fully saturated rings. The highest BCUT2D eigenvalue weighted by Gasteiger charge is 2.51. The molecule has 27 heavy (non-hydrogen) atoms. The standard InChI is InChI=1S/C18H17ClF2N4O2/c1-24-15-14(9-22-17(19)23-15)25(10-11-2-3-12(20)8-13(11)21)16(26)18(24)4-6-27-7-5-18/h2-3,8-9H,4-7,10H2,1H3. The smallest absolute Gasteiger partial charge is 0.253 e. The lowest BCUT2D eigenvalue weighted by molar-refractivity contribution is -0.127. The van der Waals surface area contributed by atoms with Gasteiger partial charge in [0.05, 0.1) is 12.7 Å². The van der Waals surface area contributed by atoms with Crippen LogP contribution in [0.1, 0.15) is 18.4 Å². The highest BCUT2D eigenvalue weighted by atomic mass is 35.5. The van der Waals surface area contributed by atoms with Crippen LogP contribution >= 0.6 is 11.6 Å². The predicted octanol–water partition coefficient (Wildman–Crippen LogP) is 2.94. The zero-order valence-corrected chi connectivity index (χ0v) is 15.3. The van der Waals surface area contributed by atoms with Crippen LogP contribution in [0.2, 0.25) is 5.28 Å². The fourth-order valence-corrected chi connectivity index (χ4v) is 3.85. The van der Waals surface area contributed by atoms with Crippen LogP contribution in [0.25, 0.3) is 0 Å². The minimum atomic E-state index is -0.848. The Morgan fingerprint density at radius 2 is 2.04 bits per heavy atom. The molecule has 6 nitrogen and oxygen atoms in total. The number of amides is 1. The molecule has 0 atom stereocenters. The molecule has 2 aromatic rings. The zero-order valence-electron chi connectivity index (χ0n) is 14.6. The number of likely N-dealkylation sites (N-methyl/N-ethyl adjacent to an activating group) is 1. The van der Waals surface area contributed by atoms with Crippen LogP contribution in [-0.4, -0.2) is 41.7 Å². The van der Waals surface area contributed by atoms with Crippen LogP contribution in [0.5, 0.6) is 0 Å². The van der Waals surface area contributed by atoms with Crippen molar-refractivity contribution in [2.45, 2.75) is 24.9 Å². The van der Waals surface area contributed by atoms with E-state index in [-0.39, 0.29) is 23.3 Å². The van der Waals surface area contributed by atoms with Crippen molar-refractivity contribution in [2.24, 2.45) is 0 Å². The number of rotatable bonds is 2. The molecule has 9 heteroatoms. The van der Waals surface area contributed by atoms with Gasteiger partial charge in [-0.1, -0.05) is 6.07 Å². The molecule has 0 unspecified atom stereocenters. The van der Waals surface area contributed by atoms with Gasteiger partial charge in [-0.3, -0.25) is 4.79 Å². The largest absolute Gasteiger partial charge is 0.381 e. The number of carbonyl (C=O) groups excluding carboxylic acids is 1. The molecule has 1 aromatic carbocycles. The lowest BCUT2D eigenvalue weighted by Gasteiger charge is -2.50. The fraction of sp³-hybridized carbons (Fsp3) is 0.389. The molecule has 2 aliphatic heterocycles. The molecule has 142 valence electrons. The summed E-state index contributed by atoms with van der Waals surface area (Å²) in [6, 6.07) is 3.31. The monoisotopic (exact) mass is 394 g/mol. The summed E-state index contributed by atoms with van der Waals surface area (Å²) in [5.74, 6) is -1.06. The molecular formula is C18H17ClF2N4O2. The van der Waals surface area contributed by atoms with E-state index >= 15 is 0 Å². The zero-order chi connectivity index (χ0) is 19.2. The van der Waals surface area contributed by atoms with Crippen LogP contribution in [-0.2, 0) is 16.1 Å². The molecule has 0 radical (unpaired) electrons. The molecule has 3 heterocycles. The molecule has 4 rings (SSSR count). The van der Waals surface area contributed by atoms with Crippen LogP contribution in [0.4, 0.5) is 20.3 Å². The minimum Gasteiger partial charge on any atom is -0.381 e. The van der Waals surface area contributed by atoms with Gasteiger partial charge in [-0.15, -0.1) is 0 Å². The molecule has 1 saturated heterocycles. The van der Waals surface area contributed by atoms with Crippen LogP contribution in [0, 0.1) is 11.6 Å². The predicted molar refractivity (Wildman–Crippen MR) is 95.8 cm³/mol. The van der Waals surface area contributed by atoms with Gasteiger partial charge in [-0.2, -0.15) is 4.98 Å². The third kappa shape index (κ3) is 2.93. The van der Waals surface area contributed by atoms with Crippen molar-refractivity contribution in [3.05, 3.63) is 46.9 Å². The number of ether oxygens (including phenoxy) is 1. The number of fused-ring (bicyclic) bond motifs is 1. The maximum absolute atomic E-state index is 14.2. The summed E-state index contributed by atoms with van der Waals surface area (Å²) in [5.41, 5.74) is -0.204. The third-order valence-electron chi connectivity index (χ3n) is 5.28. The van der Waals surface area contributed by atoms with Crippen molar-refractivity contribution < 1.29 is 18.3 Å². The molecule has 0 saturated carbocycles. The van der Waals surface area contributed by atoms with E-state index in [9.17, 15) is 13.6 Å². The van der Waals surface area contributed by atoms with Crippen LogP contribution < -0.4 is 9.80 Å². The average molecular weight is 395 g/mol. The molecule has 0 N–H and O–H groups in total. The van der Waals surface area contributed by atoms with Crippen molar-refractivity contribution in [3.8, 4) is 0 Å². The summed E-state index contributed by atoms with van der Waals surface area (Å²) in [7, 11) is 1.79. The average Bonchev–Trinajstić information content (AvgIpc) is 2.66. The lowest BCUT2D eigenvalue weighted by atomic mass is 9.84. The third-order valence-corrected chi connectivity index (χ3v) is 5.46. The Balaban J connectivity index is 1.81. The van der Waals surface area contributed by atoms with E-state index in [0.717, 1.165) is 6.07 Å². The molecule has 1 aromatic heterocycles. The second-order valence-corrected chi connectivity index (χ2v) is 7.02. The van der Waals surface area contributed by atoms with E-state index in [1.54, 1.807) is 7.05 Å². The lowest BCUT2D eigenvalue weighted by Crippen LogP contribution is -2.64. The first-order chi connectivity index (χ1) is 12.9. The number of anilines is 2. The van der Waals surface area contributed by atoms with Gasteiger partial charge in [-0.25, -0.2) is 13.8 Å². The van der Waals surface area contributed by atoms with Crippen LogP contribution in [0.15, 0.2) is 24.4 Å². The Kier molecular flexibility index (Phi) is 4.47. The first-order valence-corrected chi connectivity index (χ1v) is 8.90. The fourth-order valence-electron chi connectivity index (χ4n) is 3.73. The summed E-state index contributed by atoms with van der Waals surface area (Å²) >= 11 is 5.98. The normalized spacial score (nSPS) is 18.7. The summed E-state index contributed by atoms with van der Waals surface area (Å²) in [4.78, 5) is 25.0. The quantitative estimate of drug-likeness (QED) is 0.733. The maximum Gasteiger partial charge on any atom is 0.253 e. The van der Waals surface area contributed by atoms with Crippen molar-refractivity contribution in [1.29, 1.82) is 0 Å². The highest BCUT2D eigenvalue weighted by Crippen LogP contribution is 2.43. The van der Waals surface area contributed by atoms with Gasteiger partial charge in [-0.05, 0) is 17.7 Å². The summed E-state index contributed by atoms with van der Waals surface area (Å²) in [5, 5.41) is 0.0603. The molecule has 0 bridgehead atoms. The van der Waals surface area contributed by atoms with Gasteiger partial charge < -0.3 is 14.5 Å². The first kappa shape index (κ1) is 18.1. The van der Waals surface area contributed by atoms with Gasteiger partial charge >= 0.3 is 0 Å². The van der Waals surface area contributed by atoms with E-state index in [1.165, 1.54) is 23.2 Å². The van der Waals surface area contributed by atoms with E-state index in [4.69, 9.17) is 16.3 Å².